The number of carbonyl (C=O) groups is 2. The molecule has 0 bridgehead atoms. The predicted molar refractivity (Wildman–Crippen MR) is 131 cm³/mol. The first-order valence-electron chi connectivity index (χ1n) is 11.9. The zero-order chi connectivity index (χ0) is 24.8. The number of likely N-dealkylation sites (tertiary alicyclic amines) is 1. The molecule has 2 heterocycles. The molecule has 0 atom stereocenters. The minimum Gasteiger partial charge on any atom is -0.490 e. The van der Waals surface area contributed by atoms with E-state index >= 15 is 0 Å². The van der Waals surface area contributed by atoms with Crippen LogP contribution in [0.2, 0.25) is 0 Å². The molecule has 3 aromatic rings. The quantitative estimate of drug-likeness (QED) is 0.507. The zero-order valence-electron chi connectivity index (χ0n) is 20.2. The molecule has 2 amide bonds. The SMILES string of the molecule is CCOc1ccc(C(=O)N2CCC(c3nc(-c4ccc(NC(C)=O)cc4)no3)CC2)cc1OCC. The molecule has 1 fully saturated rings. The van der Waals surface area contributed by atoms with Gasteiger partial charge in [-0.1, -0.05) is 5.16 Å². The third kappa shape index (κ3) is 5.79. The lowest BCUT2D eigenvalue weighted by molar-refractivity contribution is -0.114. The van der Waals surface area contributed by atoms with Crippen molar-refractivity contribution in [3.63, 3.8) is 0 Å². The van der Waals surface area contributed by atoms with Gasteiger partial charge in [0.1, 0.15) is 0 Å². The molecule has 1 aromatic heterocycles. The molecule has 0 aliphatic carbocycles. The fourth-order valence-electron chi connectivity index (χ4n) is 4.12. The minimum atomic E-state index is -0.123. The average Bonchev–Trinajstić information content (AvgIpc) is 3.35. The number of amides is 2. The molecule has 0 unspecified atom stereocenters. The standard InChI is InChI=1S/C26H30N4O5/c1-4-33-22-11-8-20(16-23(22)34-5-2)26(32)30-14-12-19(13-15-30)25-28-24(29-35-25)18-6-9-21(10-7-18)27-17(3)31/h6-11,16,19H,4-5,12-15H2,1-3H3,(H,27,31). The van der Waals surface area contributed by atoms with Gasteiger partial charge in [0, 0.05) is 42.7 Å². The highest BCUT2D eigenvalue weighted by Crippen LogP contribution is 2.32. The fraction of sp³-hybridized carbons (Fsp3) is 0.385. The van der Waals surface area contributed by atoms with Crippen molar-refractivity contribution in [2.45, 2.75) is 39.5 Å². The van der Waals surface area contributed by atoms with Gasteiger partial charge < -0.3 is 24.2 Å². The highest BCUT2D eigenvalue weighted by Gasteiger charge is 2.28. The highest BCUT2D eigenvalue weighted by molar-refractivity contribution is 5.95. The van der Waals surface area contributed by atoms with E-state index in [-0.39, 0.29) is 17.7 Å². The summed E-state index contributed by atoms with van der Waals surface area (Å²) in [4.78, 5) is 30.7. The maximum atomic E-state index is 13.1. The van der Waals surface area contributed by atoms with E-state index in [2.05, 4.69) is 15.5 Å². The fourth-order valence-corrected chi connectivity index (χ4v) is 4.12. The van der Waals surface area contributed by atoms with Crippen LogP contribution in [0.1, 0.15) is 55.8 Å². The molecule has 184 valence electrons. The van der Waals surface area contributed by atoms with Crippen LogP contribution in [0.25, 0.3) is 11.4 Å². The summed E-state index contributed by atoms with van der Waals surface area (Å²) in [6.45, 7) is 7.51. The molecule has 1 saturated heterocycles. The summed E-state index contributed by atoms with van der Waals surface area (Å²) in [6, 6.07) is 12.6. The number of carbonyl (C=O) groups excluding carboxylic acids is 2. The minimum absolute atomic E-state index is 0.0297. The number of hydrogen-bond donors (Lipinski definition) is 1. The Hall–Kier alpha value is -3.88. The first kappa shape index (κ1) is 24.3. The zero-order valence-corrected chi connectivity index (χ0v) is 20.2. The van der Waals surface area contributed by atoms with Crippen LogP contribution in [0, 0.1) is 0 Å². The molecule has 4 rings (SSSR count). The third-order valence-electron chi connectivity index (χ3n) is 5.83. The van der Waals surface area contributed by atoms with Gasteiger partial charge in [-0.05, 0) is 69.2 Å². The van der Waals surface area contributed by atoms with Gasteiger partial charge in [0.25, 0.3) is 5.91 Å². The van der Waals surface area contributed by atoms with E-state index in [4.69, 9.17) is 14.0 Å². The van der Waals surface area contributed by atoms with E-state index in [1.165, 1.54) is 6.92 Å². The van der Waals surface area contributed by atoms with Crippen molar-refractivity contribution in [2.75, 3.05) is 31.6 Å². The van der Waals surface area contributed by atoms with E-state index in [0.717, 1.165) is 18.4 Å². The molecule has 0 radical (unpaired) electrons. The first-order chi connectivity index (χ1) is 17.0. The van der Waals surface area contributed by atoms with Crippen LogP contribution in [0.5, 0.6) is 11.5 Å². The van der Waals surface area contributed by atoms with Gasteiger partial charge in [-0.15, -0.1) is 0 Å². The third-order valence-corrected chi connectivity index (χ3v) is 5.83. The molecule has 9 heteroatoms. The maximum Gasteiger partial charge on any atom is 0.253 e. The van der Waals surface area contributed by atoms with Gasteiger partial charge in [0.05, 0.1) is 13.2 Å². The van der Waals surface area contributed by atoms with Gasteiger partial charge in [-0.3, -0.25) is 9.59 Å². The van der Waals surface area contributed by atoms with Crippen molar-refractivity contribution in [1.29, 1.82) is 0 Å². The van der Waals surface area contributed by atoms with Gasteiger partial charge >= 0.3 is 0 Å². The molecule has 0 saturated carbocycles. The Labute approximate surface area is 204 Å². The van der Waals surface area contributed by atoms with Gasteiger partial charge in [-0.2, -0.15) is 4.98 Å². The Balaban J connectivity index is 1.38. The second kappa shape index (κ2) is 11.0. The molecular formula is C26H30N4O5. The molecule has 2 aromatic carbocycles. The number of ether oxygens (including phenoxy) is 2. The van der Waals surface area contributed by atoms with Crippen LogP contribution in [-0.4, -0.2) is 53.2 Å². The Morgan fingerprint density at radius 3 is 2.37 bits per heavy atom. The molecule has 1 aliphatic rings. The topological polar surface area (TPSA) is 107 Å². The van der Waals surface area contributed by atoms with Crippen LogP contribution in [0.4, 0.5) is 5.69 Å². The van der Waals surface area contributed by atoms with Gasteiger partial charge in [-0.25, -0.2) is 0 Å². The summed E-state index contributed by atoms with van der Waals surface area (Å²) in [5, 5.41) is 6.86. The number of hydrogen-bond acceptors (Lipinski definition) is 7. The Morgan fingerprint density at radius 2 is 1.71 bits per heavy atom. The van der Waals surface area contributed by atoms with E-state index in [0.29, 0.717) is 60.8 Å². The van der Waals surface area contributed by atoms with Crippen molar-refractivity contribution >= 4 is 17.5 Å². The summed E-state index contributed by atoms with van der Waals surface area (Å²) in [7, 11) is 0. The van der Waals surface area contributed by atoms with E-state index in [1.54, 1.807) is 30.3 Å². The van der Waals surface area contributed by atoms with Crippen molar-refractivity contribution in [3.05, 3.63) is 53.9 Å². The van der Waals surface area contributed by atoms with E-state index in [9.17, 15) is 9.59 Å². The van der Waals surface area contributed by atoms with Crippen LogP contribution in [0.3, 0.4) is 0 Å². The number of nitrogens with one attached hydrogen (secondary N) is 1. The van der Waals surface area contributed by atoms with Crippen molar-refractivity contribution in [2.24, 2.45) is 0 Å². The normalized spacial score (nSPS) is 14.0. The molecule has 1 aliphatic heterocycles. The summed E-state index contributed by atoms with van der Waals surface area (Å²) in [5.74, 6) is 2.25. The smallest absolute Gasteiger partial charge is 0.253 e. The van der Waals surface area contributed by atoms with Crippen molar-refractivity contribution in [1.82, 2.24) is 15.0 Å². The number of benzene rings is 2. The van der Waals surface area contributed by atoms with Crippen LogP contribution >= 0.6 is 0 Å². The highest BCUT2D eigenvalue weighted by atomic mass is 16.5. The van der Waals surface area contributed by atoms with Crippen LogP contribution in [0.15, 0.2) is 47.0 Å². The molecule has 9 nitrogen and oxygen atoms in total. The lowest BCUT2D eigenvalue weighted by atomic mass is 9.96. The average molecular weight is 479 g/mol. The number of piperidine rings is 1. The van der Waals surface area contributed by atoms with E-state index in [1.807, 2.05) is 30.9 Å². The largest absolute Gasteiger partial charge is 0.490 e. The summed E-state index contributed by atoms with van der Waals surface area (Å²) in [5.41, 5.74) is 2.10. The Bertz CT molecular complexity index is 1170. The molecule has 35 heavy (non-hydrogen) atoms. The number of anilines is 1. The molecule has 0 spiro atoms. The Kier molecular flexibility index (Phi) is 7.64. The van der Waals surface area contributed by atoms with Gasteiger partial charge in [0.15, 0.2) is 11.5 Å². The maximum absolute atomic E-state index is 13.1. The summed E-state index contributed by atoms with van der Waals surface area (Å²) in [6.07, 6.45) is 1.48. The summed E-state index contributed by atoms with van der Waals surface area (Å²) < 4.78 is 16.8. The summed E-state index contributed by atoms with van der Waals surface area (Å²) >= 11 is 0. The monoisotopic (exact) mass is 478 g/mol. The van der Waals surface area contributed by atoms with Crippen molar-refractivity contribution < 1.29 is 23.6 Å². The number of rotatable bonds is 8. The second-order valence-electron chi connectivity index (χ2n) is 8.31. The van der Waals surface area contributed by atoms with Crippen molar-refractivity contribution in [3.8, 4) is 22.9 Å². The second-order valence-corrected chi connectivity index (χ2v) is 8.31. The first-order valence-corrected chi connectivity index (χ1v) is 11.9. The predicted octanol–water partition coefficient (Wildman–Crippen LogP) is 4.51. The number of nitrogens with zero attached hydrogens (tertiary/aromatic N) is 3. The Morgan fingerprint density at radius 1 is 1.03 bits per heavy atom. The van der Waals surface area contributed by atoms with Crippen LogP contribution in [-0.2, 0) is 4.79 Å². The van der Waals surface area contributed by atoms with E-state index < -0.39 is 0 Å². The molecular weight excluding hydrogens is 448 g/mol. The molecule has 1 N–H and O–H groups in total. The lowest BCUT2D eigenvalue weighted by Gasteiger charge is -2.30. The number of aromatic nitrogens is 2. The van der Waals surface area contributed by atoms with Gasteiger partial charge in [0.2, 0.25) is 17.6 Å². The lowest BCUT2D eigenvalue weighted by Crippen LogP contribution is -2.38. The van der Waals surface area contributed by atoms with Crippen LogP contribution < -0.4 is 14.8 Å².